The van der Waals surface area contributed by atoms with Crippen molar-refractivity contribution >= 4 is 5.78 Å². The Kier molecular flexibility index (Phi) is 8.03. The molecule has 0 N–H and O–H groups in total. The number of hydrogen-bond acceptors (Lipinski definition) is 3. The Bertz CT molecular complexity index is 836. The van der Waals surface area contributed by atoms with Crippen molar-refractivity contribution < 1.29 is 18.7 Å². The molecular weight excluding hydrogens is 379 g/mol. The second kappa shape index (κ2) is 10.7. The van der Waals surface area contributed by atoms with Crippen LogP contribution in [0.2, 0.25) is 0 Å². The molecule has 30 heavy (non-hydrogen) atoms. The zero-order chi connectivity index (χ0) is 21.5. The lowest BCUT2D eigenvalue weighted by Gasteiger charge is -2.28. The van der Waals surface area contributed by atoms with Crippen LogP contribution in [0.25, 0.3) is 11.1 Å². The number of hydrogen-bond donors (Lipinski definition) is 0. The summed E-state index contributed by atoms with van der Waals surface area (Å²) in [6, 6.07) is 11.8. The van der Waals surface area contributed by atoms with E-state index in [1.807, 2.05) is 12.1 Å². The van der Waals surface area contributed by atoms with E-state index in [1.165, 1.54) is 58.1 Å². The van der Waals surface area contributed by atoms with Crippen LogP contribution in [0.4, 0.5) is 4.39 Å². The van der Waals surface area contributed by atoms with Gasteiger partial charge in [-0.1, -0.05) is 56.2 Å². The number of benzene rings is 2. The molecule has 1 saturated carbocycles. The maximum absolute atomic E-state index is 15.3. The average Bonchev–Trinajstić information content (AvgIpc) is 2.74. The van der Waals surface area contributed by atoms with Gasteiger partial charge in [0, 0.05) is 24.7 Å². The Morgan fingerprint density at radius 3 is 2.37 bits per heavy atom. The molecule has 0 atom stereocenters. The first kappa shape index (κ1) is 22.5. The molecule has 162 valence electrons. The van der Waals surface area contributed by atoms with E-state index in [2.05, 4.69) is 19.1 Å². The van der Waals surface area contributed by atoms with Crippen LogP contribution in [-0.4, -0.2) is 19.7 Å². The number of carbonyl (C=O) groups is 1. The number of carbonyl (C=O) groups excluding carboxylic acids is 1. The molecule has 0 saturated heterocycles. The van der Waals surface area contributed by atoms with Crippen molar-refractivity contribution in [1.29, 1.82) is 0 Å². The molecule has 0 amide bonds. The first-order chi connectivity index (χ1) is 14.5. The van der Waals surface area contributed by atoms with Gasteiger partial charge < -0.3 is 9.47 Å². The van der Waals surface area contributed by atoms with E-state index < -0.39 is 5.82 Å². The molecule has 0 aliphatic heterocycles. The molecule has 4 heteroatoms. The van der Waals surface area contributed by atoms with E-state index in [0.717, 1.165) is 11.5 Å². The fourth-order valence-corrected chi connectivity index (χ4v) is 4.63. The van der Waals surface area contributed by atoms with Crippen molar-refractivity contribution in [1.82, 2.24) is 0 Å². The highest BCUT2D eigenvalue weighted by molar-refractivity contribution is 5.80. The number of ketones is 1. The standard InChI is InChI=1S/C26H33FO3/c1-4-5-19-6-8-20(9-7-19)21-10-12-22(13-11-21)24-15-14-23(16-18(2)28)26(25(24)27)30-17-29-3/h10-15,19-20H,4-9,16-17H2,1-3H3. The molecule has 0 unspecified atom stereocenters. The van der Waals surface area contributed by atoms with Gasteiger partial charge >= 0.3 is 0 Å². The zero-order valence-electron chi connectivity index (χ0n) is 18.4. The summed E-state index contributed by atoms with van der Waals surface area (Å²) >= 11 is 0. The van der Waals surface area contributed by atoms with Crippen molar-refractivity contribution in [3.05, 3.63) is 53.3 Å². The van der Waals surface area contributed by atoms with Crippen LogP contribution in [0.3, 0.4) is 0 Å². The molecule has 0 spiro atoms. The highest BCUT2D eigenvalue weighted by Crippen LogP contribution is 2.39. The van der Waals surface area contributed by atoms with E-state index in [1.54, 1.807) is 12.1 Å². The van der Waals surface area contributed by atoms with E-state index in [0.29, 0.717) is 17.0 Å². The molecule has 1 fully saturated rings. The van der Waals surface area contributed by atoms with Gasteiger partial charge in [0.05, 0.1) is 0 Å². The normalized spacial score (nSPS) is 18.9. The van der Waals surface area contributed by atoms with Crippen molar-refractivity contribution in [2.24, 2.45) is 5.92 Å². The summed E-state index contributed by atoms with van der Waals surface area (Å²) in [4.78, 5) is 11.5. The zero-order valence-corrected chi connectivity index (χ0v) is 18.4. The quantitative estimate of drug-likeness (QED) is 0.431. The molecule has 3 rings (SSSR count). The van der Waals surface area contributed by atoms with Crippen LogP contribution in [0.1, 0.15) is 69.4 Å². The van der Waals surface area contributed by atoms with Gasteiger partial charge in [-0.2, -0.15) is 0 Å². The molecule has 2 aromatic carbocycles. The minimum Gasteiger partial charge on any atom is -0.464 e. The Hall–Kier alpha value is -2.20. The van der Waals surface area contributed by atoms with Crippen molar-refractivity contribution in [2.45, 2.75) is 64.7 Å². The third-order valence-electron chi connectivity index (χ3n) is 6.18. The largest absolute Gasteiger partial charge is 0.464 e. The molecule has 1 aliphatic rings. The molecule has 0 radical (unpaired) electrons. The number of methoxy groups -OCH3 is 1. The van der Waals surface area contributed by atoms with Crippen LogP contribution in [-0.2, 0) is 16.0 Å². The lowest BCUT2D eigenvalue weighted by molar-refractivity contribution is -0.116. The van der Waals surface area contributed by atoms with Crippen LogP contribution in [0.5, 0.6) is 5.75 Å². The third kappa shape index (κ3) is 5.48. The summed E-state index contributed by atoms with van der Waals surface area (Å²) < 4.78 is 25.7. The molecule has 2 aromatic rings. The van der Waals surface area contributed by atoms with Gasteiger partial charge in [-0.25, -0.2) is 4.39 Å². The molecule has 0 aromatic heterocycles. The highest BCUT2D eigenvalue weighted by atomic mass is 19.1. The maximum atomic E-state index is 15.3. The van der Waals surface area contributed by atoms with Gasteiger partial charge in [0.15, 0.2) is 18.4 Å². The lowest BCUT2D eigenvalue weighted by atomic mass is 9.77. The predicted octanol–water partition coefficient (Wildman–Crippen LogP) is 6.68. The van der Waals surface area contributed by atoms with Crippen LogP contribution in [0.15, 0.2) is 36.4 Å². The van der Waals surface area contributed by atoms with Crippen molar-refractivity contribution in [3.63, 3.8) is 0 Å². The molecule has 1 aliphatic carbocycles. The molecule has 0 bridgehead atoms. The minimum absolute atomic E-state index is 0.0394. The average molecular weight is 413 g/mol. The lowest BCUT2D eigenvalue weighted by Crippen LogP contribution is -2.13. The number of Topliss-reactive ketones (excluding diaryl/α,β-unsaturated/α-hetero) is 1. The van der Waals surface area contributed by atoms with Crippen LogP contribution < -0.4 is 4.74 Å². The molecule has 3 nitrogen and oxygen atoms in total. The van der Waals surface area contributed by atoms with Crippen molar-refractivity contribution in [2.75, 3.05) is 13.9 Å². The summed E-state index contributed by atoms with van der Waals surface area (Å²) in [7, 11) is 1.49. The summed E-state index contributed by atoms with van der Waals surface area (Å²) in [5.41, 5.74) is 3.18. The predicted molar refractivity (Wildman–Crippen MR) is 118 cm³/mol. The second-order valence-electron chi connectivity index (χ2n) is 8.47. The molecular formula is C26H33FO3. The van der Waals surface area contributed by atoms with E-state index in [-0.39, 0.29) is 24.7 Å². The van der Waals surface area contributed by atoms with Gasteiger partial charge in [0.2, 0.25) is 0 Å². The number of halogens is 1. The van der Waals surface area contributed by atoms with Gasteiger partial charge in [-0.05, 0) is 55.6 Å². The Balaban J connectivity index is 1.79. The van der Waals surface area contributed by atoms with Crippen molar-refractivity contribution in [3.8, 4) is 16.9 Å². The van der Waals surface area contributed by atoms with E-state index >= 15 is 4.39 Å². The molecule has 0 heterocycles. The van der Waals surface area contributed by atoms with Gasteiger partial charge in [-0.3, -0.25) is 4.79 Å². The Labute approximate surface area is 179 Å². The second-order valence-corrected chi connectivity index (χ2v) is 8.47. The SMILES string of the molecule is CCCC1CCC(c2ccc(-c3ccc(CC(C)=O)c(OCOC)c3F)cc2)CC1. The third-order valence-corrected chi connectivity index (χ3v) is 6.18. The smallest absolute Gasteiger partial charge is 0.188 e. The minimum atomic E-state index is -0.446. The summed E-state index contributed by atoms with van der Waals surface area (Å²) in [6.45, 7) is 3.69. The van der Waals surface area contributed by atoms with Crippen LogP contribution >= 0.6 is 0 Å². The summed E-state index contributed by atoms with van der Waals surface area (Å²) in [5, 5.41) is 0. The number of rotatable bonds is 9. The first-order valence-corrected chi connectivity index (χ1v) is 11.1. The fourth-order valence-electron chi connectivity index (χ4n) is 4.63. The Morgan fingerprint density at radius 1 is 1.07 bits per heavy atom. The maximum Gasteiger partial charge on any atom is 0.188 e. The summed E-state index contributed by atoms with van der Waals surface area (Å²) in [5.74, 6) is 1.11. The first-order valence-electron chi connectivity index (χ1n) is 11.1. The van der Waals surface area contributed by atoms with Gasteiger partial charge in [0.25, 0.3) is 0 Å². The monoisotopic (exact) mass is 412 g/mol. The van der Waals surface area contributed by atoms with Gasteiger partial charge in [-0.15, -0.1) is 0 Å². The number of ether oxygens (including phenoxy) is 2. The van der Waals surface area contributed by atoms with E-state index in [4.69, 9.17) is 9.47 Å². The Morgan fingerprint density at radius 2 is 1.77 bits per heavy atom. The summed E-state index contributed by atoms with van der Waals surface area (Å²) in [6.07, 6.45) is 7.87. The topological polar surface area (TPSA) is 35.5 Å². The fraction of sp³-hybridized carbons (Fsp3) is 0.500. The highest BCUT2D eigenvalue weighted by Gasteiger charge is 2.22. The van der Waals surface area contributed by atoms with Gasteiger partial charge in [0.1, 0.15) is 5.78 Å². The van der Waals surface area contributed by atoms with Crippen LogP contribution in [0, 0.1) is 11.7 Å². The van der Waals surface area contributed by atoms with E-state index in [9.17, 15) is 4.79 Å².